The van der Waals surface area contributed by atoms with Crippen molar-refractivity contribution in [3.05, 3.63) is 76.9 Å². The zero-order chi connectivity index (χ0) is 26.0. The van der Waals surface area contributed by atoms with Crippen LogP contribution < -0.4 is 0 Å². The molecule has 2 aromatic rings. The van der Waals surface area contributed by atoms with Crippen molar-refractivity contribution in [1.82, 2.24) is 0 Å². The monoisotopic (exact) mass is 484 g/mol. The number of ketones is 2. The summed E-state index contributed by atoms with van der Waals surface area (Å²) in [5.74, 6) is 0.891. The van der Waals surface area contributed by atoms with Gasteiger partial charge in [-0.2, -0.15) is 0 Å². The molecule has 0 saturated heterocycles. The highest BCUT2D eigenvalue weighted by Crippen LogP contribution is 2.49. The van der Waals surface area contributed by atoms with Crippen LogP contribution in [0.3, 0.4) is 0 Å². The second-order valence-corrected chi connectivity index (χ2v) is 10.4. The van der Waals surface area contributed by atoms with E-state index >= 15 is 0 Å². The van der Waals surface area contributed by atoms with Gasteiger partial charge in [0.1, 0.15) is 0 Å². The zero-order valence-corrected chi connectivity index (χ0v) is 22.4. The lowest BCUT2D eigenvalue weighted by molar-refractivity contribution is 0.0881. The van der Waals surface area contributed by atoms with E-state index in [2.05, 4.69) is 46.1 Å². The minimum atomic E-state index is 0.0896. The van der Waals surface area contributed by atoms with Gasteiger partial charge in [0.25, 0.3) is 0 Å². The maximum atomic E-state index is 13.9. The Balaban J connectivity index is 2.01. The standard InChI is InChI=1S/C33H40O3/c1-7-12-25-20(5)21(6)26-14-15-27-29(34)18-24(22(8-2)9-3)19-30(35)28-17-23(13-11-16-36-10-4)31(25)33(26)32(27)28/h7,12,14-15,17,21-22,24H,1,5,8-11,13,16,18-19H2,2-4,6H3/b25-12+. The smallest absolute Gasteiger partial charge is 0.163 e. The third-order valence-electron chi connectivity index (χ3n) is 8.44. The fourth-order valence-electron chi connectivity index (χ4n) is 6.42. The summed E-state index contributed by atoms with van der Waals surface area (Å²) < 4.78 is 5.63. The van der Waals surface area contributed by atoms with Gasteiger partial charge in [0.2, 0.25) is 0 Å². The van der Waals surface area contributed by atoms with Crippen LogP contribution in [0.25, 0.3) is 16.3 Å². The van der Waals surface area contributed by atoms with E-state index in [0.29, 0.717) is 37.5 Å². The van der Waals surface area contributed by atoms with E-state index < -0.39 is 0 Å². The van der Waals surface area contributed by atoms with Crippen LogP contribution in [-0.2, 0) is 11.2 Å². The Morgan fingerprint density at radius 3 is 2.39 bits per heavy atom. The van der Waals surface area contributed by atoms with Crippen molar-refractivity contribution in [1.29, 1.82) is 0 Å². The molecule has 3 nitrogen and oxygen atoms in total. The van der Waals surface area contributed by atoms with E-state index in [-0.39, 0.29) is 23.4 Å². The molecule has 0 radical (unpaired) electrons. The number of carbonyl (C=O) groups excluding carboxylic acids is 2. The predicted molar refractivity (Wildman–Crippen MR) is 150 cm³/mol. The molecule has 190 valence electrons. The van der Waals surface area contributed by atoms with E-state index in [1.54, 1.807) is 0 Å². The summed E-state index contributed by atoms with van der Waals surface area (Å²) in [5.41, 5.74) is 6.94. The first-order valence-corrected chi connectivity index (χ1v) is 13.7. The fraction of sp³-hybridized carbons (Fsp3) is 0.455. The lowest BCUT2D eigenvalue weighted by Crippen LogP contribution is -2.25. The average molecular weight is 485 g/mol. The Morgan fingerprint density at radius 2 is 1.75 bits per heavy atom. The molecule has 3 heteroatoms. The van der Waals surface area contributed by atoms with E-state index in [9.17, 15) is 9.59 Å². The summed E-state index contributed by atoms with van der Waals surface area (Å²) in [6, 6.07) is 6.16. The molecule has 36 heavy (non-hydrogen) atoms. The molecule has 2 aliphatic rings. The molecule has 0 amide bonds. The first kappa shape index (κ1) is 26.3. The first-order valence-electron chi connectivity index (χ1n) is 13.7. The number of allylic oxidation sites excluding steroid dienone is 4. The number of aryl methyl sites for hydroxylation is 1. The van der Waals surface area contributed by atoms with Crippen LogP contribution in [0.5, 0.6) is 0 Å². The molecule has 0 aliphatic heterocycles. The van der Waals surface area contributed by atoms with Gasteiger partial charge in [-0.3, -0.25) is 9.59 Å². The van der Waals surface area contributed by atoms with Gasteiger partial charge in [-0.1, -0.05) is 71.1 Å². The molecule has 2 aromatic carbocycles. The molecule has 4 rings (SSSR count). The van der Waals surface area contributed by atoms with E-state index in [4.69, 9.17) is 4.74 Å². The summed E-state index contributed by atoms with van der Waals surface area (Å²) in [4.78, 5) is 27.7. The average Bonchev–Trinajstić information content (AvgIpc) is 2.87. The molecular formula is C33H40O3. The minimum absolute atomic E-state index is 0.0896. The number of hydrogen-bond donors (Lipinski definition) is 0. The van der Waals surface area contributed by atoms with Crippen LogP contribution in [0.15, 0.2) is 49.1 Å². The second kappa shape index (κ2) is 11.1. The second-order valence-electron chi connectivity index (χ2n) is 10.4. The number of benzene rings is 2. The molecule has 2 unspecified atom stereocenters. The highest BCUT2D eigenvalue weighted by atomic mass is 16.5. The van der Waals surface area contributed by atoms with Crippen molar-refractivity contribution in [3.8, 4) is 0 Å². The molecule has 2 atom stereocenters. The van der Waals surface area contributed by atoms with Gasteiger partial charge in [0.15, 0.2) is 11.6 Å². The largest absolute Gasteiger partial charge is 0.382 e. The molecule has 0 aromatic heterocycles. The Kier molecular flexibility index (Phi) is 8.10. The van der Waals surface area contributed by atoms with Crippen LogP contribution in [0.2, 0.25) is 0 Å². The van der Waals surface area contributed by atoms with Crippen LogP contribution in [0, 0.1) is 11.8 Å². The van der Waals surface area contributed by atoms with Gasteiger partial charge >= 0.3 is 0 Å². The normalized spacial score (nSPS) is 20.8. The maximum Gasteiger partial charge on any atom is 0.163 e. The summed E-state index contributed by atoms with van der Waals surface area (Å²) in [6.07, 6.45) is 8.36. The van der Waals surface area contributed by atoms with Gasteiger partial charge in [0, 0.05) is 48.5 Å². The van der Waals surface area contributed by atoms with Crippen LogP contribution in [0.4, 0.5) is 0 Å². The van der Waals surface area contributed by atoms with Crippen LogP contribution in [0.1, 0.15) is 103 Å². The fourth-order valence-corrected chi connectivity index (χ4v) is 6.42. The van der Waals surface area contributed by atoms with Gasteiger partial charge in [-0.25, -0.2) is 0 Å². The summed E-state index contributed by atoms with van der Waals surface area (Å²) >= 11 is 0. The third-order valence-corrected chi connectivity index (χ3v) is 8.44. The summed E-state index contributed by atoms with van der Waals surface area (Å²) in [7, 11) is 0. The van der Waals surface area contributed by atoms with Gasteiger partial charge in [-0.05, 0) is 70.9 Å². The Hall–Kier alpha value is -2.78. The lowest BCUT2D eigenvalue weighted by Gasteiger charge is -2.33. The van der Waals surface area contributed by atoms with Crippen molar-refractivity contribution in [3.63, 3.8) is 0 Å². The topological polar surface area (TPSA) is 43.4 Å². The van der Waals surface area contributed by atoms with E-state index in [0.717, 1.165) is 69.9 Å². The SMILES string of the molecule is C=C/C=C1\C(=C)C(C)c2ccc3c4c(cc(CCCOCC)c1c24)C(=O)CC(C(CC)CC)CC3=O. The van der Waals surface area contributed by atoms with Crippen LogP contribution >= 0.6 is 0 Å². The van der Waals surface area contributed by atoms with E-state index in [1.807, 2.05) is 25.1 Å². The first-order chi connectivity index (χ1) is 17.4. The molecule has 0 heterocycles. The summed E-state index contributed by atoms with van der Waals surface area (Å²) in [5, 5.41) is 1.91. The molecule has 2 aliphatic carbocycles. The Morgan fingerprint density at radius 1 is 1.06 bits per heavy atom. The van der Waals surface area contributed by atoms with E-state index in [1.165, 1.54) is 0 Å². The minimum Gasteiger partial charge on any atom is -0.382 e. The maximum absolute atomic E-state index is 13.9. The van der Waals surface area contributed by atoms with Crippen molar-refractivity contribution in [2.45, 2.75) is 72.1 Å². The number of carbonyl (C=O) groups is 2. The van der Waals surface area contributed by atoms with Gasteiger partial charge < -0.3 is 4.74 Å². The Labute approximate surface area is 216 Å². The van der Waals surface area contributed by atoms with Crippen molar-refractivity contribution in [2.24, 2.45) is 11.8 Å². The molecular weight excluding hydrogens is 444 g/mol. The quantitative estimate of drug-likeness (QED) is 0.336. The van der Waals surface area contributed by atoms with Crippen molar-refractivity contribution < 1.29 is 14.3 Å². The summed E-state index contributed by atoms with van der Waals surface area (Å²) in [6.45, 7) is 18.3. The molecule has 0 N–H and O–H groups in total. The van der Waals surface area contributed by atoms with Gasteiger partial charge in [0.05, 0.1) is 0 Å². The van der Waals surface area contributed by atoms with Crippen molar-refractivity contribution >= 4 is 27.9 Å². The Bertz CT molecular complexity index is 1240. The zero-order valence-electron chi connectivity index (χ0n) is 22.4. The number of Topliss-reactive ketones (excluding diaryl/α,β-unsaturated/α-hetero) is 2. The van der Waals surface area contributed by atoms with Gasteiger partial charge in [-0.15, -0.1) is 0 Å². The number of hydrogen-bond acceptors (Lipinski definition) is 3. The molecule has 0 bridgehead atoms. The highest BCUT2D eigenvalue weighted by Gasteiger charge is 2.35. The van der Waals surface area contributed by atoms with Crippen molar-refractivity contribution in [2.75, 3.05) is 13.2 Å². The predicted octanol–water partition coefficient (Wildman–Crippen LogP) is 8.26. The van der Waals surface area contributed by atoms with Crippen LogP contribution in [-0.4, -0.2) is 24.8 Å². The number of rotatable bonds is 9. The highest BCUT2D eigenvalue weighted by molar-refractivity contribution is 6.21. The molecule has 0 spiro atoms. The molecule has 0 fully saturated rings. The lowest BCUT2D eigenvalue weighted by atomic mass is 9.70. The third kappa shape index (κ3) is 4.54. The number of ether oxygens (including phenoxy) is 1. The molecule has 0 saturated carbocycles.